The molecule has 5 heteroatoms. The zero-order valence-electron chi connectivity index (χ0n) is 9.47. The van der Waals surface area contributed by atoms with Gasteiger partial charge in [0, 0.05) is 11.6 Å². The second kappa shape index (κ2) is 5.69. The Hall–Kier alpha value is -2.30. The van der Waals surface area contributed by atoms with Gasteiger partial charge in [-0.2, -0.15) is 0 Å². The van der Waals surface area contributed by atoms with E-state index in [1.54, 1.807) is 0 Å². The molecule has 0 spiro atoms. The van der Waals surface area contributed by atoms with Crippen LogP contribution in [0.2, 0.25) is 0 Å². The second-order valence-corrected chi connectivity index (χ2v) is 3.12. The van der Waals surface area contributed by atoms with E-state index in [4.69, 9.17) is 0 Å². The highest BCUT2D eigenvalue weighted by Crippen LogP contribution is 2.20. The molecule has 0 saturated heterocycles. The van der Waals surface area contributed by atoms with Crippen molar-refractivity contribution < 1.29 is 24.2 Å². The fraction of sp³-hybridized carbons (Fsp3) is 0.167. The van der Waals surface area contributed by atoms with Crippen LogP contribution in [0.25, 0.3) is 6.08 Å². The summed E-state index contributed by atoms with van der Waals surface area (Å²) in [6.07, 6.45) is 2.56. The van der Waals surface area contributed by atoms with Crippen LogP contribution in [-0.2, 0) is 14.3 Å². The Balaban J connectivity index is 2.94. The number of methoxy groups -OCH3 is 2. The molecular formula is C12H12O5. The minimum atomic E-state index is -0.538. The van der Waals surface area contributed by atoms with Crippen LogP contribution in [-0.4, -0.2) is 31.3 Å². The lowest BCUT2D eigenvalue weighted by atomic mass is 10.1. The van der Waals surface area contributed by atoms with Crippen molar-refractivity contribution in [3.63, 3.8) is 0 Å². The Kier molecular flexibility index (Phi) is 4.28. The molecule has 0 aliphatic rings. The molecular weight excluding hydrogens is 224 g/mol. The summed E-state index contributed by atoms with van der Waals surface area (Å²) in [4.78, 5) is 22.0. The standard InChI is InChI=1S/C12H12O5/c1-16-11(14)6-5-8-3-4-9(7-10(8)13)12(15)17-2/h3-7,13H,1-2H3/b6-5+. The summed E-state index contributed by atoms with van der Waals surface area (Å²) in [6, 6.07) is 4.26. The summed E-state index contributed by atoms with van der Waals surface area (Å²) in [5.74, 6) is -1.18. The molecule has 5 nitrogen and oxygen atoms in total. The van der Waals surface area contributed by atoms with Gasteiger partial charge in [0.2, 0.25) is 0 Å². The monoisotopic (exact) mass is 236 g/mol. The van der Waals surface area contributed by atoms with E-state index in [0.29, 0.717) is 5.56 Å². The number of benzene rings is 1. The first-order valence-electron chi connectivity index (χ1n) is 4.76. The lowest BCUT2D eigenvalue weighted by Gasteiger charge is -2.02. The number of carbonyl (C=O) groups is 2. The summed E-state index contributed by atoms with van der Waals surface area (Å²) in [5, 5.41) is 9.61. The van der Waals surface area contributed by atoms with Crippen LogP contribution in [0.5, 0.6) is 5.75 Å². The number of esters is 2. The van der Waals surface area contributed by atoms with Crippen molar-refractivity contribution in [3.05, 3.63) is 35.4 Å². The molecule has 0 fully saturated rings. The summed E-state index contributed by atoms with van der Waals surface area (Å²) in [6.45, 7) is 0. The Morgan fingerprint density at radius 2 is 1.94 bits per heavy atom. The smallest absolute Gasteiger partial charge is 0.337 e. The molecule has 0 unspecified atom stereocenters. The van der Waals surface area contributed by atoms with Crippen LogP contribution in [0.1, 0.15) is 15.9 Å². The van der Waals surface area contributed by atoms with E-state index in [0.717, 1.165) is 0 Å². The molecule has 1 rings (SSSR count). The zero-order valence-corrected chi connectivity index (χ0v) is 9.47. The number of carbonyl (C=O) groups excluding carboxylic acids is 2. The third-order valence-electron chi connectivity index (χ3n) is 2.05. The number of rotatable bonds is 3. The van der Waals surface area contributed by atoms with E-state index in [-0.39, 0.29) is 11.3 Å². The normalized spacial score (nSPS) is 10.2. The Morgan fingerprint density at radius 1 is 1.24 bits per heavy atom. The predicted octanol–water partition coefficient (Wildman–Crippen LogP) is 1.36. The van der Waals surface area contributed by atoms with Crippen LogP contribution in [0.15, 0.2) is 24.3 Å². The van der Waals surface area contributed by atoms with Crippen molar-refractivity contribution >= 4 is 18.0 Å². The Morgan fingerprint density at radius 3 is 2.47 bits per heavy atom. The summed E-state index contributed by atoms with van der Waals surface area (Å²) in [5.41, 5.74) is 0.642. The predicted molar refractivity (Wildman–Crippen MR) is 60.5 cm³/mol. The van der Waals surface area contributed by atoms with Gasteiger partial charge < -0.3 is 14.6 Å². The van der Waals surface area contributed by atoms with Gasteiger partial charge in [-0.1, -0.05) is 6.07 Å². The SMILES string of the molecule is COC(=O)/C=C/c1ccc(C(=O)OC)cc1O. The van der Waals surface area contributed by atoms with E-state index in [2.05, 4.69) is 9.47 Å². The average molecular weight is 236 g/mol. The van der Waals surface area contributed by atoms with Gasteiger partial charge >= 0.3 is 11.9 Å². The molecule has 1 aromatic carbocycles. The topological polar surface area (TPSA) is 72.8 Å². The first kappa shape index (κ1) is 12.8. The molecule has 1 N–H and O–H groups in total. The number of phenolic OH excluding ortho intramolecular Hbond substituents is 1. The van der Waals surface area contributed by atoms with Gasteiger partial charge in [0.25, 0.3) is 0 Å². The molecule has 0 heterocycles. The largest absolute Gasteiger partial charge is 0.507 e. The zero-order chi connectivity index (χ0) is 12.8. The first-order chi connectivity index (χ1) is 8.08. The van der Waals surface area contributed by atoms with Gasteiger partial charge in [0.1, 0.15) is 5.75 Å². The first-order valence-corrected chi connectivity index (χ1v) is 4.76. The molecule has 0 saturated carbocycles. The lowest BCUT2D eigenvalue weighted by molar-refractivity contribution is -0.134. The molecule has 0 bridgehead atoms. The van der Waals surface area contributed by atoms with E-state index >= 15 is 0 Å². The van der Waals surface area contributed by atoms with Crippen molar-refractivity contribution in [3.8, 4) is 5.75 Å². The molecule has 17 heavy (non-hydrogen) atoms. The maximum Gasteiger partial charge on any atom is 0.337 e. The number of ether oxygens (including phenoxy) is 2. The summed E-state index contributed by atoms with van der Waals surface area (Å²) >= 11 is 0. The van der Waals surface area contributed by atoms with Gasteiger partial charge in [0.15, 0.2) is 0 Å². The van der Waals surface area contributed by atoms with Crippen molar-refractivity contribution in [1.29, 1.82) is 0 Å². The number of aromatic hydroxyl groups is 1. The third-order valence-corrected chi connectivity index (χ3v) is 2.05. The van der Waals surface area contributed by atoms with E-state index in [9.17, 15) is 14.7 Å². The van der Waals surface area contributed by atoms with E-state index in [1.165, 1.54) is 44.6 Å². The third kappa shape index (κ3) is 3.34. The average Bonchev–Trinajstić information content (AvgIpc) is 2.35. The van der Waals surface area contributed by atoms with Gasteiger partial charge in [-0.15, -0.1) is 0 Å². The minimum Gasteiger partial charge on any atom is -0.507 e. The number of phenols is 1. The number of hydrogen-bond donors (Lipinski definition) is 1. The molecule has 0 aliphatic carbocycles. The molecule has 0 radical (unpaired) electrons. The minimum absolute atomic E-state index is 0.118. The maximum atomic E-state index is 11.2. The van der Waals surface area contributed by atoms with Crippen molar-refractivity contribution in [2.24, 2.45) is 0 Å². The van der Waals surface area contributed by atoms with Crippen LogP contribution >= 0.6 is 0 Å². The molecule has 1 aromatic rings. The second-order valence-electron chi connectivity index (χ2n) is 3.12. The highest BCUT2D eigenvalue weighted by atomic mass is 16.5. The molecule has 0 amide bonds. The van der Waals surface area contributed by atoms with Gasteiger partial charge in [-0.25, -0.2) is 9.59 Å². The van der Waals surface area contributed by atoms with E-state index in [1.807, 2.05) is 0 Å². The van der Waals surface area contributed by atoms with Crippen LogP contribution in [0.3, 0.4) is 0 Å². The fourth-order valence-corrected chi connectivity index (χ4v) is 1.16. The maximum absolute atomic E-state index is 11.2. The Labute approximate surface area is 98.3 Å². The quantitative estimate of drug-likeness (QED) is 0.633. The Bertz CT molecular complexity index is 462. The van der Waals surface area contributed by atoms with Crippen molar-refractivity contribution in [2.75, 3.05) is 14.2 Å². The van der Waals surface area contributed by atoms with Crippen LogP contribution in [0, 0.1) is 0 Å². The highest BCUT2D eigenvalue weighted by molar-refractivity contribution is 5.91. The lowest BCUT2D eigenvalue weighted by Crippen LogP contribution is -2.00. The molecule has 0 aliphatic heterocycles. The van der Waals surface area contributed by atoms with Crippen molar-refractivity contribution in [2.45, 2.75) is 0 Å². The van der Waals surface area contributed by atoms with E-state index < -0.39 is 11.9 Å². The van der Waals surface area contributed by atoms with Gasteiger partial charge in [-0.05, 0) is 18.2 Å². The van der Waals surface area contributed by atoms with Crippen LogP contribution in [0.4, 0.5) is 0 Å². The fourth-order valence-electron chi connectivity index (χ4n) is 1.16. The molecule has 0 aromatic heterocycles. The molecule has 0 atom stereocenters. The molecule has 90 valence electrons. The number of hydrogen-bond acceptors (Lipinski definition) is 5. The van der Waals surface area contributed by atoms with Gasteiger partial charge in [-0.3, -0.25) is 0 Å². The highest BCUT2D eigenvalue weighted by Gasteiger charge is 2.07. The van der Waals surface area contributed by atoms with Gasteiger partial charge in [0.05, 0.1) is 19.8 Å². The summed E-state index contributed by atoms with van der Waals surface area (Å²) < 4.78 is 8.91. The summed E-state index contributed by atoms with van der Waals surface area (Å²) in [7, 11) is 2.51. The van der Waals surface area contributed by atoms with Crippen LogP contribution < -0.4 is 0 Å². The van der Waals surface area contributed by atoms with Crippen molar-refractivity contribution in [1.82, 2.24) is 0 Å².